The van der Waals surface area contributed by atoms with Crippen molar-refractivity contribution in [2.45, 2.75) is 56.1 Å². The van der Waals surface area contributed by atoms with Crippen molar-refractivity contribution in [2.24, 2.45) is 0 Å². The summed E-state index contributed by atoms with van der Waals surface area (Å²) in [6.45, 7) is 0.0543. The molecule has 0 atom stereocenters. The first-order chi connectivity index (χ1) is 7.64. The third kappa shape index (κ3) is 2.09. The minimum Gasteiger partial charge on any atom is -0.394 e. The molecule has 0 aromatic heterocycles. The largest absolute Gasteiger partial charge is 0.394 e. The molecule has 4 heteroatoms. The smallest absolute Gasteiger partial charge is 0.223 e. The van der Waals surface area contributed by atoms with Gasteiger partial charge in [0.25, 0.3) is 0 Å². The molecule has 0 radical (unpaired) electrons. The molecule has 0 aromatic carbocycles. The maximum atomic E-state index is 11.9. The Hall–Kier alpha value is -0.610. The molecule has 4 nitrogen and oxygen atoms in total. The van der Waals surface area contributed by atoms with E-state index in [9.17, 15) is 9.90 Å². The molecular formula is C12H21NO3. The second kappa shape index (κ2) is 4.34. The van der Waals surface area contributed by atoms with Crippen LogP contribution >= 0.6 is 0 Å². The number of amides is 1. The zero-order valence-electron chi connectivity index (χ0n) is 9.92. The zero-order valence-corrected chi connectivity index (χ0v) is 9.92. The quantitative estimate of drug-likeness (QED) is 0.736. The molecule has 0 aliphatic heterocycles. The summed E-state index contributed by atoms with van der Waals surface area (Å²) in [6.07, 6.45) is 6.42. The van der Waals surface area contributed by atoms with Crippen LogP contribution in [0.3, 0.4) is 0 Å². The summed E-state index contributed by atoms with van der Waals surface area (Å²) in [5, 5.41) is 12.2. The average Bonchev–Trinajstić information content (AvgIpc) is 2.17. The minimum absolute atomic E-state index is 0.0234. The van der Waals surface area contributed by atoms with E-state index in [0.717, 1.165) is 38.5 Å². The first kappa shape index (κ1) is 11.9. The number of aliphatic hydroxyl groups is 1. The van der Waals surface area contributed by atoms with Gasteiger partial charge < -0.3 is 15.2 Å². The summed E-state index contributed by atoms with van der Waals surface area (Å²) in [6, 6.07) is 0. The van der Waals surface area contributed by atoms with Crippen molar-refractivity contribution in [3.8, 4) is 0 Å². The molecule has 16 heavy (non-hydrogen) atoms. The van der Waals surface area contributed by atoms with Gasteiger partial charge >= 0.3 is 0 Å². The van der Waals surface area contributed by atoms with E-state index in [-0.39, 0.29) is 23.7 Å². The summed E-state index contributed by atoms with van der Waals surface area (Å²) in [5.41, 5.74) is -0.541. The van der Waals surface area contributed by atoms with Crippen LogP contribution in [0.5, 0.6) is 0 Å². The number of rotatable bonds is 5. The van der Waals surface area contributed by atoms with Gasteiger partial charge in [-0.1, -0.05) is 0 Å². The van der Waals surface area contributed by atoms with Crippen molar-refractivity contribution in [1.82, 2.24) is 5.32 Å². The van der Waals surface area contributed by atoms with Crippen LogP contribution < -0.4 is 5.32 Å². The Morgan fingerprint density at radius 2 is 1.94 bits per heavy atom. The fourth-order valence-corrected chi connectivity index (χ4v) is 2.58. The molecule has 2 N–H and O–H groups in total. The van der Waals surface area contributed by atoms with Crippen LogP contribution in [0, 0.1) is 0 Å². The molecule has 0 aromatic rings. The monoisotopic (exact) mass is 227 g/mol. The molecular weight excluding hydrogens is 206 g/mol. The lowest BCUT2D eigenvalue weighted by Crippen LogP contribution is -2.57. The van der Waals surface area contributed by atoms with Crippen LogP contribution in [-0.2, 0) is 9.53 Å². The predicted molar refractivity (Wildman–Crippen MR) is 60.0 cm³/mol. The molecule has 0 saturated heterocycles. The maximum absolute atomic E-state index is 11.9. The van der Waals surface area contributed by atoms with Crippen molar-refractivity contribution in [2.75, 3.05) is 13.7 Å². The number of carbonyl (C=O) groups excluding carboxylic acids is 1. The molecule has 0 unspecified atom stereocenters. The molecule has 0 heterocycles. The number of aliphatic hydroxyl groups excluding tert-OH is 1. The normalized spacial score (nSPS) is 25.4. The van der Waals surface area contributed by atoms with Gasteiger partial charge in [0.15, 0.2) is 0 Å². The van der Waals surface area contributed by atoms with Gasteiger partial charge in [0.1, 0.15) is 0 Å². The third-order valence-corrected chi connectivity index (χ3v) is 4.20. The Balaban J connectivity index is 1.84. The molecule has 0 spiro atoms. The highest BCUT2D eigenvalue weighted by molar-refractivity contribution is 5.78. The number of hydrogen-bond donors (Lipinski definition) is 2. The Kier molecular flexibility index (Phi) is 3.22. The fourth-order valence-electron chi connectivity index (χ4n) is 2.58. The van der Waals surface area contributed by atoms with E-state index in [2.05, 4.69) is 5.32 Å². The second-order valence-electron chi connectivity index (χ2n) is 5.26. The number of ether oxygens (including phenoxy) is 1. The lowest BCUT2D eigenvalue weighted by atomic mass is 9.75. The number of nitrogens with one attached hydrogen (secondary N) is 1. The number of hydrogen-bond acceptors (Lipinski definition) is 3. The van der Waals surface area contributed by atoms with Crippen LogP contribution in [0.25, 0.3) is 0 Å². The van der Waals surface area contributed by atoms with Crippen molar-refractivity contribution >= 4 is 5.91 Å². The van der Waals surface area contributed by atoms with Crippen LogP contribution in [0.15, 0.2) is 0 Å². The van der Waals surface area contributed by atoms with Gasteiger partial charge in [0, 0.05) is 7.11 Å². The van der Waals surface area contributed by atoms with Crippen molar-refractivity contribution in [1.29, 1.82) is 0 Å². The van der Waals surface area contributed by atoms with E-state index in [1.165, 1.54) is 0 Å². The Morgan fingerprint density at radius 3 is 2.25 bits per heavy atom. The molecule has 0 bridgehead atoms. The molecule has 2 fully saturated rings. The molecule has 2 aliphatic carbocycles. The second-order valence-corrected chi connectivity index (χ2v) is 5.26. The van der Waals surface area contributed by atoms with Gasteiger partial charge in [-0.2, -0.15) is 0 Å². The summed E-state index contributed by atoms with van der Waals surface area (Å²) in [5.74, 6) is 0.0234. The molecule has 2 rings (SSSR count). The van der Waals surface area contributed by atoms with E-state index in [0.29, 0.717) is 6.42 Å². The highest BCUT2D eigenvalue weighted by atomic mass is 16.5. The van der Waals surface area contributed by atoms with E-state index in [4.69, 9.17) is 4.74 Å². The van der Waals surface area contributed by atoms with Crippen molar-refractivity contribution in [3.63, 3.8) is 0 Å². The van der Waals surface area contributed by atoms with Crippen LogP contribution in [0.1, 0.15) is 44.9 Å². The number of methoxy groups -OCH3 is 1. The zero-order chi connectivity index (χ0) is 11.6. The molecule has 2 saturated carbocycles. The van der Waals surface area contributed by atoms with Gasteiger partial charge in [-0.05, 0) is 38.5 Å². The van der Waals surface area contributed by atoms with E-state index >= 15 is 0 Å². The van der Waals surface area contributed by atoms with Gasteiger partial charge in [-0.3, -0.25) is 4.79 Å². The lowest BCUT2D eigenvalue weighted by molar-refractivity contribution is -0.137. The maximum Gasteiger partial charge on any atom is 0.223 e. The van der Waals surface area contributed by atoms with E-state index < -0.39 is 0 Å². The summed E-state index contributed by atoms with van der Waals surface area (Å²) in [7, 11) is 1.68. The van der Waals surface area contributed by atoms with Crippen molar-refractivity contribution in [3.05, 3.63) is 0 Å². The van der Waals surface area contributed by atoms with E-state index in [1.54, 1.807) is 7.11 Å². The number of carbonyl (C=O) groups is 1. The van der Waals surface area contributed by atoms with Gasteiger partial charge in [-0.15, -0.1) is 0 Å². The van der Waals surface area contributed by atoms with Crippen LogP contribution in [-0.4, -0.2) is 35.9 Å². The molecule has 92 valence electrons. The molecule has 2 aliphatic rings. The van der Waals surface area contributed by atoms with E-state index in [1.807, 2.05) is 0 Å². The van der Waals surface area contributed by atoms with Crippen molar-refractivity contribution < 1.29 is 14.6 Å². The average molecular weight is 227 g/mol. The standard InChI is InChI=1S/C12H21NO3/c1-16-12(6-3-7-12)8-10(15)13-11(9-14)4-2-5-11/h14H,2-9H2,1H3,(H,13,15). The fraction of sp³-hybridized carbons (Fsp3) is 0.917. The highest BCUT2D eigenvalue weighted by Crippen LogP contribution is 2.38. The topological polar surface area (TPSA) is 58.6 Å². The first-order valence-electron chi connectivity index (χ1n) is 6.11. The minimum atomic E-state index is -0.324. The van der Waals surface area contributed by atoms with Gasteiger partial charge in [0.05, 0.1) is 24.2 Å². The lowest BCUT2D eigenvalue weighted by Gasteiger charge is -2.44. The Labute approximate surface area is 96.4 Å². The predicted octanol–water partition coefficient (Wildman–Crippen LogP) is 0.977. The summed E-state index contributed by atoms with van der Waals surface area (Å²) >= 11 is 0. The van der Waals surface area contributed by atoms with Gasteiger partial charge in [0.2, 0.25) is 5.91 Å². The Morgan fingerprint density at radius 1 is 1.31 bits per heavy atom. The van der Waals surface area contributed by atoms with Crippen LogP contribution in [0.4, 0.5) is 0 Å². The van der Waals surface area contributed by atoms with Gasteiger partial charge in [-0.25, -0.2) is 0 Å². The SMILES string of the molecule is COC1(CC(=O)NC2(CO)CCC2)CCC1. The third-order valence-electron chi connectivity index (χ3n) is 4.20. The first-order valence-corrected chi connectivity index (χ1v) is 6.11. The molecule has 1 amide bonds. The van der Waals surface area contributed by atoms with Crippen LogP contribution in [0.2, 0.25) is 0 Å². The highest BCUT2D eigenvalue weighted by Gasteiger charge is 2.42. The summed E-state index contributed by atoms with van der Waals surface area (Å²) in [4.78, 5) is 11.9. The Bertz CT molecular complexity index is 232. The summed E-state index contributed by atoms with van der Waals surface area (Å²) < 4.78 is 5.42.